The first-order chi connectivity index (χ1) is 10.2. The SMILES string of the molecule is COc1cc2c(cc1OC)C(c1ccccc1)[NH+](C)CC2. The number of hydrogen-bond donors (Lipinski definition) is 1. The van der Waals surface area contributed by atoms with Crippen molar-refractivity contribution in [3.05, 3.63) is 59.2 Å². The number of methoxy groups -OCH3 is 2. The van der Waals surface area contributed by atoms with Crippen LogP contribution in [0.25, 0.3) is 0 Å². The molecule has 110 valence electrons. The van der Waals surface area contributed by atoms with E-state index in [4.69, 9.17) is 9.47 Å². The number of fused-ring (bicyclic) bond motifs is 1. The van der Waals surface area contributed by atoms with E-state index >= 15 is 0 Å². The van der Waals surface area contributed by atoms with Crippen LogP contribution >= 0.6 is 0 Å². The summed E-state index contributed by atoms with van der Waals surface area (Å²) in [5.41, 5.74) is 4.07. The van der Waals surface area contributed by atoms with Crippen LogP contribution in [-0.4, -0.2) is 27.8 Å². The molecule has 2 aromatic carbocycles. The van der Waals surface area contributed by atoms with Crippen molar-refractivity contribution in [2.45, 2.75) is 12.5 Å². The van der Waals surface area contributed by atoms with Crippen LogP contribution in [0.15, 0.2) is 42.5 Å². The van der Waals surface area contributed by atoms with Gasteiger partial charge in [-0.15, -0.1) is 0 Å². The number of rotatable bonds is 3. The van der Waals surface area contributed by atoms with Gasteiger partial charge in [-0.1, -0.05) is 30.3 Å². The van der Waals surface area contributed by atoms with Crippen molar-refractivity contribution in [3.8, 4) is 11.5 Å². The predicted molar refractivity (Wildman–Crippen MR) is 83.3 cm³/mol. The molecule has 3 nitrogen and oxygen atoms in total. The van der Waals surface area contributed by atoms with Gasteiger partial charge in [0.15, 0.2) is 11.5 Å². The summed E-state index contributed by atoms with van der Waals surface area (Å²) in [7, 11) is 5.65. The molecule has 0 aliphatic carbocycles. The number of benzene rings is 2. The van der Waals surface area contributed by atoms with E-state index < -0.39 is 0 Å². The Morgan fingerprint density at radius 3 is 2.33 bits per heavy atom. The Kier molecular flexibility index (Phi) is 3.84. The lowest BCUT2D eigenvalue weighted by Gasteiger charge is -2.32. The van der Waals surface area contributed by atoms with Crippen molar-refractivity contribution in [3.63, 3.8) is 0 Å². The molecule has 0 bridgehead atoms. The van der Waals surface area contributed by atoms with Gasteiger partial charge < -0.3 is 14.4 Å². The summed E-state index contributed by atoms with van der Waals surface area (Å²) in [6.07, 6.45) is 1.07. The van der Waals surface area contributed by atoms with E-state index in [2.05, 4.69) is 49.5 Å². The molecule has 2 unspecified atom stereocenters. The summed E-state index contributed by atoms with van der Waals surface area (Å²) >= 11 is 0. The molecule has 1 heterocycles. The van der Waals surface area contributed by atoms with Crippen molar-refractivity contribution >= 4 is 0 Å². The second-order valence-corrected chi connectivity index (χ2v) is 5.60. The summed E-state index contributed by atoms with van der Waals surface area (Å²) < 4.78 is 10.9. The van der Waals surface area contributed by atoms with Gasteiger partial charge in [0.05, 0.1) is 27.8 Å². The zero-order chi connectivity index (χ0) is 14.8. The summed E-state index contributed by atoms with van der Waals surface area (Å²) in [6, 6.07) is 15.3. The highest BCUT2D eigenvalue weighted by molar-refractivity contribution is 5.50. The molecule has 0 saturated heterocycles. The summed E-state index contributed by atoms with van der Waals surface area (Å²) in [5, 5.41) is 0. The average Bonchev–Trinajstić information content (AvgIpc) is 2.54. The second kappa shape index (κ2) is 5.78. The third-order valence-corrected chi connectivity index (χ3v) is 4.37. The molecule has 0 radical (unpaired) electrons. The molecule has 2 atom stereocenters. The number of quaternary nitrogens is 1. The summed E-state index contributed by atoms with van der Waals surface area (Å²) in [6.45, 7) is 1.13. The highest BCUT2D eigenvalue weighted by Crippen LogP contribution is 2.35. The highest BCUT2D eigenvalue weighted by Gasteiger charge is 2.31. The van der Waals surface area contributed by atoms with Crippen LogP contribution in [0.5, 0.6) is 11.5 Å². The van der Waals surface area contributed by atoms with Crippen molar-refractivity contribution in [1.29, 1.82) is 0 Å². The second-order valence-electron chi connectivity index (χ2n) is 5.60. The maximum absolute atomic E-state index is 5.49. The summed E-state index contributed by atoms with van der Waals surface area (Å²) in [5.74, 6) is 1.63. The van der Waals surface area contributed by atoms with Gasteiger partial charge in [-0.05, 0) is 17.7 Å². The monoisotopic (exact) mass is 284 g/mol. The lowest BCUT2D eigenvalue weighted by Crippen LogP contribution is -3.10. The van der Waals surface area contributed by atoms with Gasteiger partial charge in [-0.3, -0.25) is 0 Å². The minimum atomic E-state index is 0.356. The fourth-order valence-electron chi connectivity index (χ4n) is 3.27. The molecule has 1 N–H and O–H groups in total. The van der Waals surface area contributed by atoms with Gasteiger partial charge >= 0.3 is 0 Å². The Morgan fingerprint density at radius 2 is 1.67 bits per heavy atom. The molecule has 3 heteroatoms. The van der Waals surface area contributed by atoms with Crippen LogP contribution in [-0.2, 0) is 6.42 Å². The Morgan fingerprint density at radius 1 is 1.00 bits per heavy atom. The van der Waals surface area contributed by atoms with Crippen LogP contribution in [0, 0.1) is 0 Å². The van der Waals surface area contributed by atoms with E-state index in [0.29, 0.717) is 6.04 Å². The quantitative estimate of drug-likeness (QED) is 0.930. The largest absolute Gasteiger partial charge is 0.493 e. The van der Waals surface area contributed by atoms with Crippen molar-refractivity contribution < 1.29 is 14.4 Å². The molecule has 0 aromatic heterocycles. The molecule has 21 heavy (non-hydrogen) atoms. The predicted octanol–water partition coefficient (Wildman–Crippen LogP) is 1.86. The van der Waals surface area contributed by atoms with Crippen LogP contribution in [0.2, 0.25) is 0 Å². The first-order valence-corrected chi connectivity index (χ1v) is 7.36. The fourth-order valence-corrected chi connectivity index (χ4v) is 3.27. The van der Waals surface area contributed by atoms with Crippen molar-refractivity contribution in [2.75, 3.05) is 27.8 Å². The van der Waals surface area contributed by atoms with E-state index in [0.717, 1.165) is 24.5 Å². The maximum Gasteiger partial charge on any atom is 0.161 e. The van der Waals surface area contributed by atoms with Gasteiger partial charge in [0.2, 0.25) is 0 Å². The molecule has 1 aliphatic rings. The fraction of sp³-hybridized carbons (Fsp3) is 0.333. The zero-order valence-electron chi connectivity index (χ0n) is 12.8. The zero-order valence-corrected chi connectivity index (χ0v) is 12.8. The van der Waals surface area contributed by atoms with E-state index in [9.17, 15) is 0 Å². The Balaban J connectivity index is 2.13. The van der Waals surface area contributed by atoms with Gasteiger partial charge in [0.25, 0.3) is 0 Å². The first-order valence-electron chi connectivity index (χ1n) is 7.36. The number of ether oxygens (including phenoxy) is 2. The minimum Gasteiger partial charge on any atom is -0.493 e. The molecule has 0 saturated carbocycles. The lowest BCUT2D eigenvalue weighted by atomic mass is 9.88. The molecular formula is C18H22NO2+. The third kappa shape index (κ3) is 2.49. The Bertz CT molecular complexity index is 625. The van der Waals surface area contributed by atoms with Gasteiger partial charge in [0.1, 0.15) is 6.04 Å². The van der Waals surface area contributed by atoms with Crippen molar-refractivity contribution in [2.24, 2.45) is 0 Å². The van der Waals surface area contributed by atoms with Crippen molar-refractivity contribution in [1.82, 2.24) is 0 Å². The molecule has 0 spiro atoms. The average molecular weight is 284 g/mol. The number of likely N-dealkylation sites (N-methyl/N-ethyl adjacent to an activating group) is 1. The van der Waals surface area contributed by atoms with Crippen LogP contribution < -0.4 is 14.4 Å². The van der Waals surface area contributed by atoms with E-state index in [1.165, 1.54) is 21.6 Å². The smallest absolute Gasteiger partial charge is 0.161 e. The van der Waals surface area contributed by atoms with Gasteiger partial charge in [0, 0.05) is 17.5 Å². The lowest BCUT2D eigenvalue weighted by molar-refractivity contribution is -0.908. The van der Waals surface area contributed by atoms with Crippen LogP contribution in [0.4, 0.5) is 0 Å². The molecule has 1 aliphatic heterocycles. The normalized spacial score (nSPS) is 20.7. The topological polar surface area (TPSA) is 22.9 Å². The maximum atomic E-state index is 5.49. The van der Waals surface area contributed by atoms with E-state index in [1.54, 1.807) is 14.2 Å². The molecular weight excluding hydrogens is 262 g/mol. The molecule has 3 rings (SSSR count). The number of nitrogens with one attached hydrogen (secondary N) is 1. The number of hydrogen-bond acceptors (Lipinski definition) is 2. The Hall–Kier alpha value is -2.00. The first kappa shape index (κ1) is 14.0. The standard InChI is InChI=1S/C18H21NO2/c1-19-10-9-14-11-16(20-2)17(21-3)12-15(14)18(19)13-7-5-4-6-8-13/h4-8,11-12,18H,9-10H2,1-3H3/p+1. The minimum absolute atomic E-state index is 0.356. The Labute approximate surface area is 126 Å². The third-order valence-electron chi connectivity index (χ3n) is 4.37. The molecule has 0 fully saturated rings. The van der Waals surface area contributed by atoms with E-state index in [-0.39, 0.29) is 0 Å². The van der Waals surface area contributed by atoms with Crippen LogP contribution in [0.1, 0.15) is 22.7 Å². The van der Waals surface area contributed by atoms with Gasteiger partial charge in [-0.2, -0.15) is 0 Å². The van der Waals surface area contributed by atoms with Gasteiger partial charge in [-0.25, -0.2) is 0 Å². The molecule has 0 amide bonds. The summed E-state index contributed by atoms with van der Waals surface area (Å²) in [4.78, 5) is 1.51. The van der Waals surface area contributed by atoms with E-state index in [1.807, 2.05) is 0 Å². The molecule has 2 aromatic rings. The highest BCUT2D eigenvalue weighted by atomic mass is 16.5. The van der Waals surface area contributed by atoms with Crippen LogP contribution in [0.3, 0.4) is 0 Å².